The molecule has 0 unspecified atom stereocenters. The third-order valence-electron chi connectivity index (χ3n) is 6.64. The maximum atomic E-state index is 15.1. The summed E-state index contributed by atoms with van der Waals surface area (Å²) in [5.74, 6) is -0.212. The number of methoxy groups -OCH3 is 1. The van der Waals surface area contributed by atoms with Crippen molar-refractivity contribution < 1.29 is 18.7 Å². The van der Waals surface area contributed by atoms with E-state index in [9.17, 15) is 9.59 Å². The molecule has 1 amide bonds. The molecule has 6 aromatic rings. The minimum absolute atomic E-state index is 0.0121. The third-order valence-corrected chi connectivity index (χ3v) is 6.64. The first kappa shape index (κ1) is 24.9. The van der Waals surface area contributed by atoms with Crippen LogP contribution in [0, 0.1) is 5.82 Å². The number of carbonyl (C=O) groups is 1. The Bertz CT molecular complexity index is 1960. The number of pyridine rings is 2. The molecule has 3 heterocycles. The van der Waals surface area contributed by atoms with E-state index in [4.69, 9.17) is 9.47 Å². The molecule has 0 atom stereocenters. The number of rotatable bonds is 6. The van der Waals surface area contributed by atoms with Crippen molar-refractivity contribution in [3.8, 4) is 22.9 Å². The maximum absolute atomic E-state index is 15.1. The summed E-state index contributed by atoms with van der Waals surface area (Å²) in [5.41, 5.74) is 1.75. The SMILES string of the molecule is COc1ccc(-n2cc(C(=O)Nc3ccc(Oc4ccnc5c4ccn5C)c(F)c3)c(=O)c3ccccc32)cc1. The lowest BCUT2D eigenvalue weighted by Gasteiger charge is -2.14. The number of benzene rings is 3. The lowest BCUT2D eigenvalue weighted by molar-refractivity contribution is 0.102. The smallest absolute Gasteiger partial charge is 0.261 e. The fourth-order valence-electron chi connectivity index (χ4n) is 4.60. The number of nitrogens with zero attached hydrogens (tertiary/aromatic N) is 3. The van der Waals surface area contributed by atoms with E-state index in [-0.39, 0.29) is 17.0 Å². The van der Waals surface area contributed by atoms with Gasteiger partial charge in [0.1, 0.15) is 22.7 Å². The van der Waals surface area contributed by atoms with Crippen molar-refractivity contribution in [3.05, 3.63) is 119 Å². The van der Waals surface area contributed by atoms with Crippen molar-refractivity contribution >= 4 is 33.5 Å². The van der Waals surface area contributed by atoms with Crippen LogP contribution < -0.4 is 20.2 Å². The Morgan fingerprint density at radius 3 is 2.52 bits per heavy atom. The van der Waals surface area contributed by atoms with Gasteiger partial charge in [0.05, 0.1) is 18.0 Å². The van der Waals surface area contributed by atoms with Gasteiger partial charge in [-0.2, -0.15) is 0 Å². The van der Waals surface area contributed by atoms with Crippen LogP contribution in [0.3, 0.4) is 0 Å². The molecule has 0 radical (unpaired) electrons. The molecule has 40 heavy (non-hydrogen) atoms. The molecule has 198 valence electrons. The summed E-state index contributed by atoms with van der Waals surface area (Å²) in [4.78, 5) is 30.9. The van der Waals surface area contributed by atoms with Crippen LogP contribution >= 0.6 is 0 Å². The molecule has 3 aromatic heterocycles. The molecule has 0 fully saturated rings. The molecule has 0 aliphatic heterocycles. The average molecular weight is 535 g/mol. The van der Waals surface area contributed by atoms with Crippen LogP contribution in [-0.2, 0) is 7.05 Å². The van der Waals surface area contributed by atoms with Crippen molar-refractivity contribution in [2.24, 2.45) is 7.05 Å². The Balaban J connectivity index is 1.31. The standard InChI is InChI=1S/C31H23FN4O4/c1-35-16-14-23-27(13-15-33-30(23)35)40-28-12-7-19(17-25(28)32)34-31(38)24-18-36(20-8-10-21(39-2)11-9-20)26-6-4-3-5-22(26)29(24)37/h3-18H,1-2H3,(H,34,38). The Morgan fingerprint density at radius 2 is 1.75 bits per heavy atom. The van der Waals surface area contributed by atoms with Crippen molar-refractivity contribution in [2.45, 2.75) is 0 Å². The lowest BCUT2D eigenvalue weighted by Crippen LogP contribution is -2.23. The number of nitrogens with one attached hydrogen (secondary N) is 1. The van der Waals surface area contributed by atoms with Gasteiger partial charge in [-0.1, -0.05) is 12.1 Å². The third kappa shape index (κ3) is 4.43. The summed E-state index contributed by atoms with van der Waals surface area (Å²) < 4.78 is 29.7. The Hall–Kier alpha value is -5.44. The number of para-hydroxylation sites is 1. The Morgan fingerprint density at radius 1 is 0.950 bits per heavy atom. The number of aryl methyl sites for hydroxylation is 1. The van der Waals surface area contributed by atoms with Gasteiger partial charge in [-0.3, -0.25) is 9.59 Å². The molecule has 0 spiro atoms. The summed E-state index contributed by atoms with van der Waals surface area (Å²) in [6.45, 7) is 0. The summed E-state index contributed by atoms with van der Waals surface area (Å²) >= 11 is 0. The molecular weight excluding hydrogens is 511 g/mol. The van der Waals surface area contributed by atoms with E-state index >= 15 is 4.39 Å². The molecule has 0 saturated heterocycles. The predicted molar refractivity (Wildman–Crippen MR) is 151 cm³/mol. The van der Waals surface area contributed by atoms with Gasteiger partial charge in [0.15, 0.2) is 11.6 Å². The van der Waals surface area contributed by atoms with E-state index in [1.807, 2.05) is 48.1 Å². The van der Waals surface area contributed by atoms with Gasteiger partial charge >= 0.3 is 0 Å². The molecule has 8 nitrogen and oxygen atoms in total. The second-order valence-corrected chi connectivity index (χ2v) is 9.13. The van der Waals surface area contributed by atoms with Crippen molar-refractivity contribution in [2.75, 3.05) is 12.4 Å². The zero-order valence-electron chi connectivity index (χ0n) is 21.6. The van der Waals surface area contributed by atoms with Gasteiger partial charge in [-0.15, -0.1) is 0 Å². The van der Waals surface area contributed by atoms with E-state index in [0.29, 0.717) is 28.0 Å². The molecule has 0 aliphatic rings. The Kier molecular flexibility index (Phi) is 6.24. The highest BCUT2D eigenvalue weighted by atomic mass is 19.1. The molecule has 0 bridgehead atoms. The fourth-order valence-corrected chi connectivity index (χ4v) is 4.60. The first-order valence-electron chi connectivity index (χ1n) is 12.4. The van der Waals surface area contributed by atoms with E-state index < -0.39 is 17.2 Å². The highest BCUT2D eigenvalue weighted by Gasteiger charge is 2.18. The maximum Gasteiger partial charge on any atom is 0.261 e. The van der Waals surface area contributed by atoms with Crippen LogP contribution in [0.5, 0.6) is 17.2 Å². The minimum Gasteiger partial charge on any atom is -0.497 e. The van der Waals surface area contributed by atoms with E-state index in [1.165, 1.54) is 18.3 Å². The summed E-state index contributed by atoms with van der Waals surface area (Å²) in [6, 6.07) is 21.9. The molecule has 6 rings (SSSR count). The zero-order valence-corrected chi connectivity index (χ0v) is 21.6. The zero-order chi connectivity index (χ0) is 27.8. The van der Waals surface area contributed by atoms with Crippen LogP contribution in [0.2, 0.25) is 0 Å². The Labute approximate surface area is 227 Å². The number of aromatic nitrogens is 3. The highest BCUT2D eigenvalue weighted by Crippen LogP contribution is 2.32. The van der Waals surface area contributed by atoms with E-state index in [2.05, 4.69) is 10.3 Å². The summed E-state index contributed by atoms with van der Waals surface area (Å²) in [7, 11) is 3.44. The monoisotopic (exact) mass is 534 g/mol. The quantitative estimate of drug-likeness (QED) is 0.280. The van der Waals surface area contributed by atoms with E-state index in [1.54, 1.807) is 48.2 Å². The van der Waals surface area contributed by atoms with Crippen LogP contribution in [0.1, 0.15) is 10.4 Å². The predicted octanol–water partition coefficient (Wildman–Crippen LogP) is 6.07. The first-order chi connectivity index (χ1) is 19.4. The number of ether oxygens (including phenoxy) is 2. The van der Waals surface area contributed by atoms with Crippen LogP contribution in [0.25, 0.3) is 27.6 Å². The topological polar surface area (TPSA) is 87.4 Å². The van der Waals surface area contributed by atoms with Gasteiger partial charge in [-0.25, -0.2) is 9.37 Å². The van der Waals surface area contributed by atoms with E-state index in [0.717, 1.165) is 17.1 Å². The second kappa shape index (κ2) is 10.0. The molecule has 3 aromatic carbocycles. The molecule has 9 heteroatoms. The first-order valence-corrected chi connectivity index (χ1v) is 12.4. The van der Waals surface area contributed by atoms with Gasteiger partial charge < -0.3 is 23.9 Å². The van der Waals surface area contributed by atoms with Crippen molar-refractivity contribution in [1.29, 1.82) is 0 Å². The normalized spacial score (nSPS) is 11.1. The highest BCUT2D eigenvalue weighted by molar-refractivity contribution is 6.06. The largest absolute Gasteiger partial charge is 0.497 e. The number of carbonyl (C=O) groups excluding carboxylic acids is 1. The van der Waals surface area contributed by atoms with Crippen molar-refractivity contribution in [1.82, 2.24) is 14.1 Å². The number of hydrogen-bond donors (Lipinski definition) is 1. The number of anilines is 1. The van der Waals surface area contributed by atoms with Gasteiger partial charge in [0.25, 0.3) is 5.91 Å². The van der Waals surface area contributed by atoms with Gasteiger partial charge in [0.2, 0.25) is 5.43 Å². The fraction of sp³-hybridized carbons (Fsp3) is 0.0645. The minimum atomic E-state index is -0.673. The number of fused-ring (bicyclic) bond motifs is 2. The molecule has 0 aliphatic carbocycles. The molecule has 1 N–H and O–H groups in total. The summed E-state index contributed by atoms with van der Waals surface area (Å²) in [6.07, 6.45) is 4.92. The number of halogens is 1. The second-order valence-electron chi connectivity index (χ2n) is 9.13. The molecular formula is C31H23FN4O4. The van der Waals surface area contributed by atoms with Gasteiger partial charge in [0, 0.05) is 48.5 Å². The molecule has 0 saturated carbocycles. The number of hydrogen-bond acceptors (Lipinski definition) is 5. The number of amides is 1. The van der Waals surface area contributed by atoms with Crippen molar-refractivity contribution in [3.63, 3.8) is 0 Å². The van der Waals surface area contributed by atoms with Crippen LogP contribution in [-0.4, -0.2) is 27.1 Å². The summed E-state index contributed by atoms with van der Waals surface area (Å²) in [5, 5.41) is 3.77. The average Bonchev–Trinajstić information content (AvgIpc) is 3.36. The van der Waals surface area contributed by atoms with Crippen LogP contribution in [0.4, 0.5) is 10.1 Å². The van der Waals surface area contributed by atoms with Gasteiger partial charge in [-0.05, 0) is 60.7 Å². The van der Waals surface area contributed by atoms with Crippen LogP contribution in [0.15, 0.2) is 102 Å². The lowest BCUT2D eigenvalue weighted by atomic mass is 10.1.